The van der Waals surface area contributed by atoms with Crippen LogP contribution in [-0.4, -0.2) is 6.54 Å². The molecule has 2 aromatic carbocycles. The molecule has 0 spiro atoms. The van der Waals surface area contributed by atoms with E-state index < -0.39 is 0 Å². The van der Waals surface area contributed by atoms with E-state index in [9.17, 15) is 0 Å². The lowest BCUT2D eigenvalue weighted by Gasteiger charge is -2.19. The van der Waals surface area contributed by atoms with E-state index in [0.29, 0.717) is 6.04 Å². The molecular formula is C20H27N. The fraction of sp³-hybridized carbons (Fsp3) is 0.400. The Morgan fingerprint density at radius 2 is 1.48 bits per heavy atom. The van der Waals surface area contributed by atoms with Crippen LogP contribution in [0, 0.1) is 0 Å². The fourth-order valence-electron chi connectivity index (χ4n) is 2.67. The zero-order valence-corrected chi connectivity index (χ0v) is 13.1. The molecule has 0 radical (unpaired) electrons. The number of benzene rings is 2. The van der Waals surface area contributed by atoms with Crippen LogP contribution in [0.25, 0.3) is 0 Å². The Balaban J connectivity index is 1.94. The number of hydrogen-bond acceptors (Lipinski definition) is 1. The summed E-state index contributed by atoms with van der Waals surface area (Å²) in [4.78, 5) is 0. The third kappa shape index (κ3) is 5.73. The van der Waals surface area contributed by atoms with Gasteiger partial charge in [0.1, 0.15) is 0 Å². The van der Waals surface area contributed by atoms with Gasteiger partial charge in [-0.05, 0) is 30.5 Å². The first-order chi connectivity index (χ1) is 10.4. The van der Waals surface area contributed by atoms with Crippen molar-refractivity contribution < 1.29 is 0 Å². The van der Waals surface area contributed by atoms with Gasteiger partial charge in [0.25, 0.3) is 0 Å². The second-order valence-corrected chi connectivity index (χ2v) is 5.67. The van der Waals surface area contributed by atoms with Crippen LogP contribution < -0.4 is 5.32 Å². The second-order valence-electron chi connectivity index (χ2n) is 5.67. The van der Waals surface area contributed by atoms with Gasteiger partial charge in [-0.2, -0.15) is 0 Å². The van der Waals surface area contributed by atoms with Crippen molar-refractivity contribution in [1.29, 1.82) is 0 Å². The summed E-state index contributed by atoms with van der Waals surface area (Å²) >= 11 is 0. The first kappa shape index (κ1) is 15.8. The SMILES string of the molecule is CCCCCCNC(Cc1ccccc1)c1ccccc1. The molecule has 2 rings (SSSR count). The van der Waals surface area contributed by atoms with Crippen molar-refractivity contribution in [1.82, 2.24) is 5.32 Å². The molecule has 1 unspecified atom stereocenters. The Labute approximate surface area is 129 Å². The summed E-state index contributed by atoms with van der Waals surface area (Å²) in [7, 11) is 0. The maximum absolute atomic E-state index is 3.74. The molecule has 2 aromatic rings. The van der Waals surface area contributed by atoms with Crippen molar-refractivity contribution in [3.05, 3.63) is 71.8 Å². The number of rotatable bonds is 9. The second kappa shape index (κ2) is 9.36. The number of hydrogen-bond donors (Lipinski definition) is 1. The van der Waals surface area contributed by atoms with Crippen molar-refractivity contribution in [2.24, 2.45) is 0 Å². The molecule has 0 amide bonds. The van der Waals surface area contributed by atoms with Gasteiger partial charge >= 0.3 is 0 Å². The van der Waals surface area contributed by atoms with Crippen LogP contribution in [0.15, 0.2) is 60.7 Å². The molecule has 0 fully saturated rings. The van der Waals surface area contributed by atoms with Crippen LogP contribution in [0.5, 0.6) is 0 Å². The highest BCUT2D eigenvalue weighted by Crippen LogP contribution is 2.18. The molecule has 1 nitrogen and oxygen atoms in total. The van der Waals surface area contributed by atoms with E-state index in [4.69, 9.17) is 0 Å². The summed E-state index contributed by atoms with van der Waals surface area (Å²) < 4.78 is 0. The highest BCUT2D eigenvalue weighted by molar-refractivity contribution is 5.23. The lowest BCUT2D eigenvalue weighted by atomic mass is 9.98. The third-order valence-electron chi connectivity index (χ3n) is 3.91. The van der Waals surface area contributed by atoms with E-state index in [1.807, 2.05) is 0 Å². The molecule has 0 aliphatic rings. The largest absolute Gasteiger partial charge is 0.310 e. The van der Waals surface area contributed by atoms with Crippen LogP contribution in [0.3, 0.4) is 0 Å². The number of nitrogens with one attached hydrogen (secondary N) is 1. The van der Waals surface area contributed by atoms with Gasteiger partial charge in [0.15, 0.2) is 0 Å². The van der Waals surface area contributed by atoms with Gasteiger partial charge in [0, 0.05) is 6.04 Å². The Bertz CT molecular complexity index is 478. The van der Waals surface area contributed by atoms with Gasteiger partial charge in [-0.25, -0.2) is 0 Å². The maximum atomic E-state index is 3.74. The molecule has 0 aromatic heterocycles. The normalized spacial score (nSPS) is 12.2. The highest BCUT2D eigenvalue weighted by Gasteiger charge is 2.10. The standard InChI is InChI=1S/C20H27N/c1-2-3-4-11-16-21-20(19-14-9-6-10-15-19)17-18-12-7-5-8-13-18/h5-10,12-15,20-21H,2-4,11,16-17H2,1H3. The van der Waals surface area contributed by atoms with E-state index in [2.05, 4.69) is 72.9 Å². The highest BCUT2D eigenvalue weighted by atomic mass is 14.9. The predicted molar refractivity (Wildman–Crippen MR) is 91.5 cm³/mol. The lowest BCUT2D eigenvalue weighted by molar-refractivity contribution is 0.506. The fourth-order valence-corrected chi connectivity index (χ4v) is 2.67. The summed E-state index contributed by atoms with van der Waals surface area (Å²) in [5.74, 6) is 0. The van der Waals surface area contributed by atoms with Gasteiger partial charge in [0.2, 0.25) is 0 Å². The van der Waals surface area contributed by atoms with Crippen LogP contribution >= 0.6 is 0 Å². The van der Waals surface area contributed by atoms with E-state index in [1.165, 1.54) is 36.8 Å². The molecule has 0 aliphatic carbocycles. The van der Waals surface area contributed by atoms with Crippen LogP contribution in [0.1, 0.15) is 49.8 Å². The quantitative estimate of drug-likeness (QED) is 0.627. The molecule has 1 N–H and O–H groups in total. The molecule has 0 saturated carbocycles. The molecule has 112 valence electrons. The molecule has 0 heterocycles. The third-order valence-corrected chi connectivity index (χ3v) is 3.91. The minimum absolute atomic E-state index is 0.412. The van der Waals surface area contributed by atoms with E-state index in [1.54, 1.807) is 0 Å². The Morgan fingerprint density at radius 1 is 0.810 bits per heavy atom. The topological polar surface area (TPSA) is 12.0 Å². The van der Waals surface area contributed by atoms with Crippen molar-refractivity contribution >= 4 is 0 Å². The summed E-state index contributed by atoms with van der Waals surface area (Å²) in [5.41, 5.74) is 2.78. The van der Waals surface area contributed by atoms with Crippen LogP contribution in [0.4, 0.5) is 0 Å². The minimum atomic E-state index is 0.412. The van der Waals surface area contributed by atoms with Crippen molar-refractivity contribution in [3.8, 4) is 0 Å². The van der Waals surface area contributed by atoms with Crippen LogP contribution in [-0.2, 0) is 6.42 Å². The smallest absolute Gasteiger partial charge is 0.0360 e. The van der Waals surface area contributed by atoms with Gasteiger partial charge in [-0.3, -0.25) is 0 Å². The molecule has 21 heavy (non-hydrogen) atoms. The average Bonchev–Trinajstić information content (AvgIpc) is 2.55. The van der Waals surface area contributed by atoms with E-state index in [0.717, 1.165) is 13.0 Å². The zero-order valence-electron chi connectivity index (χ0n) is 13.1. The van der Waals surface area contributed by atoms with Crippen molar-refractivity contribution in [2.45, 2.75) is 45.1 Å². The van der Waals surface area contributed by atoms with E-state index in [-0.39, 0.29) is 0 Å². The molecule has 0 bridgehead atoms. The first-order valence-corrected chi connectivity index (χ1v) is 8.22. The average molecular weight is 281 g/mol. The van der Waals surface area contributed by atoms with E-state index >= 15 is 0 Å². The van der Waals surface area contributed by atoms with Crippen molar-refractivity contribution in [2.75, 3.05) is 6.54 Å². The Morgan fingerprint density at radius 3 is 2.14 bits per heavy atom. The predicted octanol–water partition coefficient (Wildman–Crippen LogP) is 5.14. The van der Waals surface area contributed by atoms with Gasteiger partial charge < -0.3 is 5.32 Å². The monoisotopic (exact) mass is 281 g/mol. The first-order valence-electron chi connectivity index (χ1n) is 8.22. The Hall–Kier alpha value is -1.60. The summed E-state index contributed by atoms with van der Waals surface area (Å²) in [6.45, 7) is 3.36. The molecule has 0 saturated heterocycles. The van der Waals surface area contributed by atoms with Gasteiger partial charge in [-0.15, -0.1) is 0 Å². The summed E-state index contributed by atoms with van der Waals surface area (Å²) in [5, 5.41) is 3.74. The maximum Gasteiger partial charge on any atom is 0.0360 e. The lowest BCUT2D eigenvalue weighted by Crippen LogP contribution is -2.24. The Kier molecular flexibility index (Phi) is 7.03. The zero-order chi connectivity index (χ0) is 14.8. The summed E-state index contributed by atoms with van der Waals surface area (Å²) in [6.07, 6.45) is 6.30. The number of unbranched alkanes of at least 4 members (excludes halogenated alkanes) is 3. The molecule has 1 heteroatoms. The van der Waals surface area contributed by atoms with Gasteiger partial charge in [0.05, 0.1) is 0 Å². The summed E-state index contributed by atoms with van der Waals surface area (Å²) in [6, 6.07) is 22.0. The van der Waals surface area contributed by atoms with Gasteiger partial charge in [-0.1, -0.05) is 86.8 Å². The minimum Gasteiger partial charge on any atom is -0.310 e. The molecule has 0 aliphatic heterocycles. The molecular weight excluding hydrogens is 254 g/mol. The van der Waals surface area contributed by atoms with Crippen LogP contribution in [0.2, 0.25) is 0 Å². The van der Waals surface area contributed by atoms with Crippen molar-refractivity contribution in [3.63, 3.8) is 0 Å². The molecule has 1 atom stereocenters.